The molecule has 12 heteroatoms. The second-order valence-corrected chi connectivity index (χ2v) is 7.24. The minimum atomic E-state index is -1.49. The van der Waals surface area contributed by atoms with Crippen LogP contribution in [0.1, 0.15) is 5.69 Å². The quantitative estimate of drug-likeness (QED) is 0.235. The maximum absolute atomic E-state index is 12.4. The molecule has 4 N–H and O–H groups in total. The molecule has 2 unspecified atom stereocenters. The van der Waals surface area contributed by atoms with Gasteiger partial charge in [-0.05, 0) is 5.57 Å². The van der Waals surface area contributed by atoms with Crippen molar-refractivity contribution in [3.05, 3.63) is 35.0 Å². The van der Waals surface area contributed by atoms with E-state index >= 15 is 0 Å². The number of thiazole rings is 1. The molecule has 0 radical (unpaired) electrons. The van der Waals surface area contributed by atoms with E-state index in [1.807, 2.05) is 0 Å². The number of oxime groups is 1. The van der Waals surface area contributed by atoms with E-state index in [9.17, 15) is 19.5 Å². The third kappa shape index (κ3) is 2.82. The summed E-state index contributed by atoms with van der Waals surface area (Å²) in [6.45, 7) is 3.53. The van der Waals surface area contributed by atoms with Gasteiger partial charge < -0.3 is 26.2 Å². The maximum atomic E-state index is 12.4. The van der Waals surface area contributed by atoms with Gasteiger partial charge in [0.25, 0.3) is 11.8 Å². The first-order chi connectivity index (χ1) is 12.4. The first-order valence-electron chi connectivity index (χ1n) is 7.15. The largest absolute Gasteiger partial charge is 0.543 e. The van der Waals surface area contributed by atoms with E-state index in [0.29, 0.717) is 11.3 Å². The van der Waals surface area contributed by atoms with Crippen molar-refractivity contribution in [2.75, 3.05) is 11.5 Å². The van der Waals surface area contributed by atoms with Crippen molar-refractivity contribution < 1.29 is 24.7 Å². The van der Waals surface area contributed by atoms with E-state index < -0.39 is 34.9 Å². The third-order valence-corrected chi connectivity index (χ3v) is 5.78. The zero-order valence-corrected chi connectivity index (χ0v) is 14.7. The van der Waals surface area contributed by atoms with Gasteiger partial charge in [-0.15, -0.1) is 23.1 Å². The number of hydrogen-bond donors (Lipinski definition) is 3. The molecule has 1 aromatic heterocycles. The van der Waals surface area contributed by atoms with Gasteiger partial charge in [-0.1, -0.05) is 17.8 Å². The number of aromatic nitrogens is 1. The number of amides is 2. The Bertz CT molecular complexity index is 877. The first-order valence-corrected chi connectivity index (χ1v) is 9.07. The van der Waals surface area contributed by atoms with E-state index in [-0.39, 0.29) is 16.5 Å². The van der Waals surface area contributed by atoms with Gasteiger partial charge in [0.2, 0.25) is 0 Å². The van der Waals surface area contributed by atoms with E-state index in [1.165, 1.54) is 23.2 Å². The van der Waals surface area contributed by atoms with Crippen molar-refractivity contribution >= 4 is 51.7 Å². The number of carbonyl (C=O) groups is 3. The molecule has 26 heavy (non-hydrogen) atoms. The molecular formula is C14H12N5O5S2-. The zero-order valence-electron chi connectivity index (χ0n) is 13.0. The Balaban J connectivity index is 1.78. The Morgan fingerprint density at radius 1 is 1.58 bits per heavy atom. The Kier molecular flexibility index (Phi) is 4.70. The van der Waals surface area contributed by atoms with Crippen LogP contribution in [0.3, 0.4) is 0 Å². The minimum Gasteiger partial charge on any atom is -0.543 e. The van der Waals surface area contributed by atoms with Crippen LogP contribution in [0.5, 0.6) is 0 Å². The Labute approximate surface area is 155 Å². The van der Waals surface area contributed by atoms with Crippen molar-refractivity contribution in [1.29, 1.82) is 0 Å². The number of carbonyl (C=O) groups excluding carboxylic acids is 3. The standard InChI is InChI=1S/C14H13N5O5S2/c1-2-5-3-25-12-8(11(21)19(12)9(5)13(22)23)17-10(20)7(18-24)6-4-26-14(15)16-6/h2,4,8,12,24H,1,3H2,(H2,15,16)(H,17,20)(H,22,23)/p-1/b18-7-. The number of thioether (sulfide) groups is 1. The van der Waals surface area contributed by atoms with Crippen LogP contribution in [0.2, 0.25) is 0 Å². The van der Waals surface area contributed by atoms with Gasteiger partial charge >= 0.3 is 0 Å². The molecule has 1 fully saturated rings. The third-order valence-electron chi connectivity index (χ3n) is 3.80. The number of carboxylic acid groups (broad SMARTS) is 1. The summed E-state index contributed by atoms with van der Waals surface area (Å²) in [5.74, 6) is -2.62. The number of nitrogen functional groups attached to an aromatic ring is 1. The van der Waals surface area contributed by atoms with E-state index in [4.69, 9.17) is 10.9 Å². The number of β-lactam (4-membered cyclic amide) rings is 1. The smallest absolute Gasteiger partial charge is 0.276 e. The lowest BCUT2D eigenvalue weighted by Crippen LogP contribution is -2.71. The van der Waals surface area contributed by atoms with E-state index in [1.54, 1.807) is 0 Å². The summed E-state index contributed by atoms with van der Waals surface area (Å²) in [4.78, 5) is 40.9. The highest BCUT2D eigenvalue weighted by Crippen LogP contribution is 2.40. The summed E-state index contributed by atoms with van der Waals surface area (Å²) in [6, 6.07) is -0.971. The van der Waals surface area contributed by atoms with Gasteiger partial charge in [-0.3, -0.25) is 14.5 Å². The van der Waals surface area contributed by atoms with Crippen LogP contribution < -0.4 is 16.2 Å². The number of aliphatic carboxylic acids is 1. The molecule has 0 aromatic carbocycles. The Hall–Kier alpha value is -2.86. The number of nitrogens with zero attached hydrogens (tertiary/aromatic N) is 3. The van der Waals surface area contributed by atoms with Gasteiger partial charge in [-0.2, -0.15) is 0 Å². The molecular weight excluding hydrogens is 382 g/mol. The molecule has 2 amide bonds. The van der Waals surface area contributed by atoms with Crippen LogP contribution in [-0.2, 0) is 14.4 Å². The molecule has 1 aromatic rings. The van der Waals surface area contributed by atoms with Gasteiger partial charge in [0.15, 0.2) is 10.8 Å². The predicted octanol–water partition coefficient (Wildman–Crippen LogP) is -1.51. The second kappa shape index (κ2) is 6.80. The number of nitrogens with two attached hydrogens (primary N) is 1. The molecule has 2 atom stereocenters. The minimum absolute atomic E-state index is 0.0664. The van der Waals surface area contributed by atoms with Crippen molar-refractivity contribution in [3.8, 4) is 0 Å². The lowest BCUT2D eigenvalue weighted by Gasteiger charge is -2.50. The molecule has 3 heterocycles. The van der Waals surface area contributed by atoms with Crippen LogP contribution >= 0.6 is 23.1 Å². The summed E-state index contributed by atoms with van der Waals surface area (Å²) in [6.07, 6.45) is 1.36. The molecule has 0 spiro atoms. The van der Waals surface area contributed by atoms with Crippen molar-refractivity contribution in [2.24, 2.45) is 5.16 Å². The number of allylic oxidation sites excluding steroid dienone is 1. The molecule has 1 saturated heterocycles. The van der Waals surface area contributed by atoms with Gasteiger partial charge in [-0.25, -0.2) is 4.98 Å². The summed E-state index contributed by atoms with van der Waals surface area (Å²) in [5, 5.41) is 26.8. The number of rotatable bonds is 5. The molecule has 0 saturated carbocycles. The van der Waals surface area contributed by atoms with Crippen molar-refractivity contribution in [1.82, 2.24) is 15.2 Å². The SMILES string of the molecule is C=CC1=C(C(=O)[O-])N2C(=O)C(NC(=O)/C(=N\O)c3csc(N)n3)C2SC1. The number of fused-ring (bicyclic) bond motifs is 1. The summed E-state index contributed by atoms with van der Waals surface area (Å²) >= 11 is 2.33. The monoisotopic (exact) mass is 394 g/mol. The van der Waals surface area contributed by atoms with Crippen LogP contribution in [-0.4, -0.2) is 55.8 Å². The van der Waals surface area contributed by atoms with Crippen LogP contribution in [0.4, 0.5) is 5.13 Å². The average Bonchev–Trinajstić information content (AvgIpc) is 3.04. The lowest BCUT2D eigenvalue weighted by molar-refractivity contribution is -0.301. The molecule has 10 nitrogen and oxygen atoms in total. The van der Waals surface area contributed by atoms with Gasteiger partial charge in [0, 0.05) is 11.1 Å². The molecule has 3 rings (SSSR count). The number of hydrogen-bond acceptors (Lipinski definition) is 10. The fourth-order valence-electron chi connectivity index (χ4n) is 2.61. The van der Waals surface area contributed by atoms with Crippen LogP contribution in [0.25, 0.3) is 0 Å². The average molecular weight is 394 g/mol. The van der Waals surface area contributed by atoms with Crippen LogP contribution in [0.15, 0.2) is 34.5 Å². The number of nitrogens with one attached hydrogen (secondary N) is 1. The normalized spacial score (nSPS) is 22.5. The Morgan fingerprint density at radius 2 is 2.31 bits per heavy atom. The molecule has 2 aliphatic heterocycles. The lowest BCUT2D eigenvalue weighted by atomic mass is 10.0. The maximum Gasteiger partial charge on any atom is 0.276 e. The van der Waals surface area contributed by atoms with Crippen molar-refractivity contribution in [3.63, 3.8) is 0 Å². The molecule has 136 valence electrons. The highest BCUT2D eigenvalue weighted by Gasteiger charge is 2.52. The second-order valence-electron chi connectivity index (χ2n) is 5.25. The van der Waals surface area contributed by atoms with Crippen molar-refractivity contribution in [2.45, 2.75) is 11.4 Å². The summed E-state index contributed by atoms with van der Waals surface area (Å²) in [7, 11) is 0. The summed E-state index contributed by atoms with van der Waals surface area (Å²) in [5.41, 5.74) is 5.29. The Morgan fingerprint density at radius 3 is 2.85 bits per heavy atom. The van der Waals surface area contributed by atoms with Gasteiger partial charge in [0.1, 0.15) is 17.1 Å². The molecule has 2 aliphatic rings. The molecule has 0 bridgehead atoms. The number of carboxylic acids is 1. The fourth-order valence-corrected chi connectivity index (χ4v) is 4.50. The zero-order chi connectivity index (χ0) is 19.0. The van der Waals surface area contributed by atoms with E-state index in [2.05, 4.69) is 22.0 Å². The van der Waals surface area contributed by atoms with Crippen LogP contribution in [0, 0.1) is 0 Å². The fraction of sp³-hybridized carbons (Fsp3) is 0.214. The number of anilines is 1. The molecule has 0 aliphatic carbocycles. The topological polar surface area (TPSA) is 161 Å². The van der Waals surface area contributed by atoms with E-state index in [0.717, 1.165) is 16.2 Å². The predicted molar refractivity (Wildman–Crippen MR) is 92.1 cm³/mol. The first kappa shape index (κ1) is 17.9. The highest BCUT2D eigenvalue weighted by molar-refractivity contribution is 8.00. The highest BCUT2D eigenvalue weighted by atomic mass is 32.2. The summed E-state index contributed by atoms with van der Waals surface area (Å²) < 4.78 is 0. The van der Waals surface area contributed by atoms with Gasteiger partial charge in [0.05, 0.1) is 11.7 Å².